The summed E-state index contributed by atoms with van der Waals surface area (Å²) in [4.78, 5) is 33.0. The molecular weight excluding hydrogens is 394 g/mol. The van der Waals surface area contributed by atoms with Crippen LogP contribution in [0.25, 0.3) is 0 Å². The summed E-state index contributed by atoms with van der Waals surface area (Å²) in [7, 11) is 0. The smallest absolute Gasteiger partial charge is 0.259 e. The minimum absolute atomic E-state index is 0.0949. The molecule has 31 heavy (non-hydrogen) atoms. The normalized spacial score (nSPS) is 14.6. The molecule has 2 aliphatic heterocycles. The van der Waals surface area contributed by atoms with Gasteiger partial charge in [0.1, 0.15) is 12.1 Å². The summed E-state index contributed by atoms with van der Waals surface area (Å²) in [5.41, 5.74) is 3.42. The first-order chi connectivity index (χ1) is 15.0. The Balaban J connectivity index is 1.46. The molecule has 1 aromatic carbocycles. The number of pyridine rings is 2. The third-order valence-electron chi connectivity index (χ3n) is 5.63. The number of carbonyl (C=O) groups excluding carboxylic acids is 2. The van der Waals surface area contributed by atoms with Gasteiger partial charge in [-0.1, -0.05) is 18.2 Å². The first-order valence-electron chi connectivity index (χ1n) is 10.1. The van der Waals surface area contributed by atoms with E-state index in [-0.39, 0.29) is 17.3 Å². The molecule has 2 aromatic heterocycles. The second-order valence-corrected chi connectivity index (χ2v) is 7.54. The quantitative estimate of drug-likeness (QED) is 0.695. The maximum Gasteiger partial charge on any atom is 0.259 e. The van der Waals surface area contributed by atoms with Gasteiger partial charge in [0.25, 0.3) is 5.91 Å². The highest BCUT2D eigenvalue weighted by molar-refractivity contribution is 6.07. The molecule has 1 N–H and O–H groups in total. The van der Waals surface area contributed by atoms with Crippen molar-refractivity contribution in [1.82, 2.24) is 9.55 Å². The standard InChI is InChI=1S/C23H21N5O3/c1-15(29)26-9-7-18(13-21(26)24)27-10-11-31-20-12-17(14-25-22(20)27)23(30)28-8-6-16-4-2-3-5-19(16)28/h2-5,7,9,12-14,24H,6,8,10-11H2,1H3. The van der Waals surface area contributed by atoms with Gasteiger partial charge in [-0.3, -0.25) is 19.6 Å². The Bertz CT molecular complexity index is 1270. The average Bonchev–Trinajstić information content (AvgIpc) is 3.21. The zero-order chi connectivity index (χ0) is 21.5. The summed E-state index contributed by atoms with van der Waals surface area (Å²) in [6, 6.07) is 13.1. The second-order valence-electron chi connectivity index (χ2n) is 7.54. The number of nitrogens with zero attached hydrogens (tertiary/aromatic N) is 4. The number of hydrogen-bond acceptors (Lipinski definition) is 6. The van der Waals surface area contributed by atoms with Crippen molar-refractivity contribution in [3.63, 3.8) is 0 Å². The number of rotatable bonds is 2. The molecule has 0 saturated carbocycles. The van der Waals surface area contributed by atoms with Crippen LogP contribution in [-0.4, -0.2) is 41.1 Å². The van der Waals surface area contributed by atoms with E-state index in [9.17, 15) is 9.59 Å². The lowest BCUT2D eigenvalue weighted by molar-refractivity contribution is 0.0929. The molecule has 3 aromatic rings. The highest BCUT2D eigenvalue weighted by Gasteiger charge is 2.28. The summed E-state index contributed by atoms with van der Waals surface area (Å²) in [6.45, 7) is 3.04. The SMILES string of the molecule is CC(=O)n1ccc(N2CCOc3cc(C(=O)N4CCc5ccccc54)cnc32)cc1=N. The van der Waals surface area contributed by atoms with Gasteiger partial charge in [0.2, 0.25) is 5.91 Å². The highest BCUT2D eigenvalue weighted by Crippen LogP contribution is 2.36. The van der Waals surface area contributed by atoms with Crippen LogP contribution in [0.1, 0.15) is 27.6 Å². The van der Waals surface area contributed by atoms with Crippen LogP contribution >= 0.6 is 0 Å². The number of nitrogens with one attached hydrogen (secondary N) is 1. The van der Waals surface area contributed by atoms with E-state index >= 15 is 0 Å². The molecule has 0 bridgehead atoms. The number of para-hydroxylation sites is 1. The number of fused-ring (bicyclic) bond motifs is 2. The minimum Gasteiger partial charge on any atom is -0.488 e. The molecule has 8 heteroatoms. The summed E-state index contributed by atoms with van der Waals surface area (Å²) in [5.74, 6) is 0.796. The largest absolute Gasteiger partial charge is 0.488 e. The van der Waals surface area contributed by atoms with Crippen molar-refractivity contribution in [2.24, 2.45) is 0 Å². The van der Waals surface area contributed by atoms with E-state index < -0.39 is 0 Å². The molecule has 0 spiro atoms. The number of benzene rings is 1. The van der Waals surface area contributed by atoms with Crippen molar-refractivity contribution in [3.05, 3.63) is 71.5 Å². The predicted molar refractivity (Wildman–Crippen MR) is 115 cm³/mol. The van der Waals surface area contributed by atoms with Crippen molar-refractivity contribution in [1.29, 1.82) is 5.41 Å². The number of aromatic nitrogens is 2. The Morgan fingerprint density at radius 2 is 1.97 bits per heavy atom. The number of anilines is 3. The maximum absolute atomic E-state index is 13.2. The van der Waals surface area contributed by atoms with Crippen LogP contribution in [0.15, 0.2) is 54.9 Å². The average molecular weight is 415 g/mol. The number of amides is 1. The molecule has 0 atom stereocenters. The van der Waals surface area contributed by atoms with Crippen LogP contribution in [0.3, 0.4) is 0 Å². The van der Waals surface area contributed by atoms with Gasteiger partial charge >= 0.3 is 0 Å². The van der Waals surface area contributed by atoms with E-state index in [0.717, 1.165) is 17.8 Å². The zero-order valence-electron chi connectivity index (χ0n) is 17.0. The van der Waals surface area contributed by atoms with Crippen molar-refractivity contribution in [2.45, 2.75) is 13.3 Å². The van der Waals surface area contributed by atoms with Crippen molar-refractivity contribution < 1.29 is 14.3 Å². The molecule has 0 aliphatic carbocycles. The summed E-state index contributed by atoms with van der Waals surface area (Å²) < 4.78 is 7.08. The van der Waals surface area contributed by atoms with Gasteiger partial charge in [-0.25, -0.2) is 4.98 Å². The van der Waals surface area contributed by atoms with Gasteiger partial charge in [-0.15, -0.1) is 0 Å². The van der Waals surface area contributed by atoms with E-state index in [2.05, 4.69) is 4.98 Å². The molecule has 0 saturated heterocycles. The number of ether oxygens (including phenoxy) is 1. The lowest BCUT2D eigenvalue weighted by Gasteiger charge is -2.30. The molecule has 0 fully saturated rings. The minimum atomic E-state index is -0.219. The Hall–Kier alpha value is -3.94. The van der Waals surface area contributed by atoms with Crippen molar-refractivity contribution >= 4 is 29.0 Å². The predicted octanol–water partition coefficient (Wildman–Crippen LogP) is 2.76. The molecule has 4 heterocycles. The lowest BCUT2D eigenvalue weighted by atomic mass is 10.1. The molecule has 0 radical (unpaired) electrons. The van der Waals surface area contributed by atoms with Crippen LogP contribution < -0.4 is 20.0 Å². The van der Waals surface area contributed by atoms with Crippen LogP contribution in [-0.2, 0) is 6.42 Å². The summed E-state index contributed by atoms with van der Waals surface area (Å²) in [6.07, 6.45) is 4.00. The molecule has 0 unspecified atom stereocenters. The van der Waals surface area contributed by atoms with Crippen molar-refractivity contribution in [2.75, 3.05) is 29.5 Å². The first kappa shape index (κ1) is 19.0. The Morgan fingerprint density at radius 1 is 1.13 bits per heavy atom. The third-order valence-corrected chi connectivity index (χ3v) is 5.63. The van der Waals surface area contributed by atoms with Crippen LogP contribution in [0, 0.1) is 5.41 Å². The summed E-state index contributed by atoms with van der Waals surface area (Å²) in [5, 5.41) is 8.10. The lowest BCUT2D eigenvalue weighted by Crippen LogP contribution is -2.33. The molecule has 156 valence electrons. The highest BCUT2D eigenvalue weighted by atomic mass is 16.5. The van der Waals surface area contributed by atoms with Gasteiger partial charge in [-0.2, -0.15) is 0 Å². The molecular formula is C23H21N5O3. The van der Waals surface area contributed by atoms with Crippen LogP contribution in [0.5, 0.6) is 5.75 Å². The molecule has 1 amide bonds. The maximum atomic E-state index is 13.2. The monoisotopic (exact) mass is 415 g/mol. The Labute approximate surface area is 178 Å². The molecule has 8 nitrogen and oxygen atoms in total. The first-order valence-corrected chi connectivity index (χ1v) is 10.1. The molecule has 5 rings (SSSR count). The van der Waals surface area contributed by atoms with Gasteiger partial charge in [0.05, 0.1) is 12.1 Å². The van der Waals surface area contributed by atoms with Crippen LogP contribution in [0.2, 0.25) is 0 Å². The fraction of sp³-hybridized carbons (Fsp3) is 0.217. The fourth-order valence-corrected chi connectivity index (χ4v) is 4.10. The number of hydrogen-bond donors (Lipinski definition) is 1. The van der Waals surface area contributed by atoms with E-state index in [4.69, 9.17) is 10.1 Å². The van der Waals surface area contributed by atoms with E-state index in [1.165, 1.54) is 17.1 Å². The zero-order valence-corrected chi connectivity index (χ0v) is 17.0. The summed E-state index contributed by atoms with van der Waals surface area (Å²) >= 11 is 0. The topological polar surface area (TPSA) is 91.5 Å². The Morgan fingerprint density at radius 3 is 2.77 bits per heavy atom. The number of carbonyl (C=O) groups is 2. The fourth-order valence-electron chi connectivity index (χ4n) is 4.10. The van der Waals surface area contributed by atoms with Crippen LogP contribution in [0.4, 0.5) is 17.2 Å². The van der Waals surface area contributed by atoms with Gasteiger partial charge in [0, 0.05) is 43.3 Å². The van der Waals surface area contributed by atoms with E-state index in [0.29, 0.717) is 36.8 Å². The second kappa shape index (κ2) is 7.39. The van der Waals surface area contributed by atoms with E-state index in [1.54, 1.807) is 35.5 Å². The van der Waals surface area contributed by atoms with E-state index in [1.807, 2.05) is 29.2 Å². The Kier molecular flexibility index (Phi) is 4.54. The third kappa shape index (κ3) is 3.26. The van der Waals surface area contributed by atoms with Gasteiger partial charge in [0.15, 0.2) is 11.6 Å². The van der Waals surface area contributed by atoms with Gasteiger partial charge in [-0.05, 0) is 30.2 Å². The molecule has 2 aliphatic rings. The van der Waals surface area contributed by atoms with Crippen molar-refractivity contribution in [3.8, 4) is 5.75 Å². The van der Waals surface area contributed by atoms with Gasteiger partial charge < -0.3 is 14.5 Å².